The Kier molecular flexibility index (Phi) is 7.45. The largest absolute Gasteiger partial charge is 0.477 e. The molecule has 0 radical (unpaired) electrons. The SMILES string of the molecule is CON=C(C(=O)NC1C(=O)N2C(C(=O)O)=C(CSc3n[nH]c(NC(C)=O)n3)CS[C@@H]12)c1csc(N)n1. The van der Waals surface area contributed by atoms with Crippen LogP contribution in [0.4, 0.5) is 11.1 Å². The van der Waals surface area contributed by atoms with Gasteiger partial charge in [0.05, 0.1) is 0 Å². The number of nitrogens with one attached hydrogen (secondary N) is 3. The highest BCUT2D eigenvalue weighted by Crippen LogP contribution is 2.41. The summed E-state index contributed by atoms with van der Waals surface area (Å²) in [6, 6.07) is -0.961. The Hall–Kier alpha value is -3.64. The van der Waals surface area contributed by atoms with E-state index in [0.29, 0.717) is 16.5 Å². The molecule has 2 atom stereocenters. The molecule has 0 aliphatic carbocycles. The van der Waals surface area contributed by atoms with Crippen molar-refractivity contribution in [1.82, 2.24) is 30.4 Å². The Morgan fingerprint density at radius 1 is 1.42 bits per heavy atom. The molecule has 18 heteroatoms. The molecule has 1 unspecified atom stereocenters. The first kappa shape index (κ1) is 25.5. The number of oxime groups is 1. The van der Waals surface area contributed by atoms with E-state index in [1.807, 2.05) is 0 Å². The van der Waals surface area contributed by atoms with Crippen molar-refractivity contribution in [2.75, 3.05) is 29.7 Å². The molecule has 1 fully saturated rings. The number of thioether (sulfide) groups is 2. The van der Waals surface area contributed by atoms with Crippen LogP contribution in [0.15, 0.2) is 27.0 Å². The number of aromatic amines is 1. The van der Waals surface area contributed by atoms with Gasteiger partial charge in [0.25, 0.3) is 11.8 Å². The van der Waals surface area contributed by atoms with Gasteiger partial charge in [-0.3, -0.25) is 24.6 Å². The molecule has 2 aliphatic rings. The maximum atomic E-state index is 12.9. The van der Waals surface area contributed by atoms with Crippen molar-refractivity contribution < 1.29 is 29.1 Å². The van der Waals surface area contributed by atoms with E-state index in [2.05, 4.69) is 36.0 Å². The number of hydrogen-bond donors (Lipinski definition) is 5. The zero-order chi connectivity index (χ0) is 26.0. The fourth-order valence-electron chi connectivity index (χ4n) is 3.38. The summed E-state index contributed by atoms with van der Waals surface area (Å²) in [5, 5.41) is 26.5. The van der Waals surface area contributed by atoms with E-state index >= 15 is 0 Å². The Morgan fingerprint density at radius 3 is 2.83 bits per heavy atom. The molecule has 15 nitrogen and oxygen atoms in total. The first-order chi connectivity index (χ1) is 17.2. The van der Waals surface area contributed by atoms with E-state index in [1.54, 1.807) is 0 Å². The second kappa shape index (κ2) is 10.5. The fraction of sp³-hybridized carbons (Fsp3) is 0.333. The van der Waals surface area contributed by atoms with Gasteiger partial charge in [0.2, 0.25) is 17.0 Å². The number of aromatic nitrogens is 4. The predicted molar refractivity (Wildman–Crippen MR) is 131 cm³/mol. The summed E-state index contributed by atoms with van der Waals surface area (Å²) in [7, 11) is 1.26. The summed E-state index contributed by atoms with van der Waals surface area (Å²) in [6.45, 7) is 1.33. The maximum absolute atomic E-state index is 12.9. The number of nitrogen functional groups attached to an aromatic ring is 1. The number of carboxylic acids is 1. The molecule has 2 aromatic heterocycles. The normalized spacial score (nSPS) is 19.4. The molecule has 6 N–H and O–H groups in total. The van der Waals surface area contributed by atoms with Crippen molar-refractivity contribution in [3.05, 3.63) is 22.3 Å². The van der Waals surface area contributed by atoms with Crippen LogP contribution in [-0.4, -0.2) is 89.6 Å². The van der Waals surface area contributed by atoms with Gasteiger partial charge in [-0.25, -0.2) is 14.9 Å². The average Bonchev–Trinajstić information content (AvgIpc) is 3.46. The van der Waals surface area contributed by atoms with Crippen molar-refractivity contribution in [1.29, 1.82) is 0 Å². The van der Waals surface area contributed by atoms with E-state index in [4.69, 9.17) is 10.6 Å². The molecule has 0 aromatic carbocycles. The first-order valence-corrected chi connectivity index (χ1v) is 13.0. The number of rotatable bonds is 9. The van der Waals surface area contributed by atoms with Crippen molar-refractivity contribution in [3.63, 3.8) is 0 Å². The summed E-state index contributed by atoms with van der Waals surface area (Å²) in [6.07, 6.45) is 0. The molecule has 190 valence electrons. The Labute approximate surface area is 215 Å². The lowest BCUT2D eigenvalue weighted by atomic mass is 10.0. The highest BCUT2D eigenvalue weighted by atomic mass is 32.2. The van der Waals surface area contributed by atoms with Gasteiger partial charge in [-0.2, -0.15) is 4.98 Å². The molecule has 0 bridgehead atoms. The number of carbonyl (C=O) groups excluding carboxylic acids is 3. The Morgan fingerprint density at radius 2 is 2.19 bits per heavy atom. The summed E-state index contributed by atoms with van der Waals surface area (Å²) < 4.78 is 0. The second-order valence-electron chi connectivity index (χ2n) is 7.25. The highest BCUT2D eigenvalue weighted by Gasteiger charge is 2.54. The monoisotopic (exact) mass is 553 g/mol. The molecule has 1 saturated heterocycles. The summed E-state index contributed by atoms with van der Waals surface area (Å²) in [4.78, 5) is 62.9. The molecule has 3 amide bonds. The lowest BCUT2D eigenvalue weighted by molar-refractivity contribution is -0.150. The van der Waals surface area contributed by atoms with Gasteiger partial charge in [0.1, 0.15) is 29.9 Å². The first-order valence-electron chi connectivity index (χ1n) is 10.1. The van der Waals surface area contributed by atoms with Gasteiger partial charge < -0.3 is 21.0 Å². The topological polar surface area (TPSA) is 218 Å². The number of anilines is 2. The number of nitrogens with two attached hydrogens (primary N) is 1. The van der Waals surface area contributed by atoms with Crippen LogP contribution < -0.4 is 16.4 Å². The summed E-state index contributed by atoms with van der Waals surface area (Å²) >= 11 is 3.58. The Bertz CT molecular complexity index is 1290. The van der Waals surface area contributed by atoms with Gasteiger partial charge >= 0.3 is 5.97 Å². The lowest BCUT2D eigenvalue weighted by Gasteiger charge is -2.49. The molecule has 0 spiro atoms. The van der Waals surface area contributed by atoms with Gasteiger partial charge in [-0.1, -0.05) is 16.9 Å². The molecule has 2 aliphatic heterocycles. The summed E-state index contributed by atoms with van der Waals surface area (Å²) in [5.74, 6) is -2.17. The van der Waals surface area contributed by atoms with Crippen molar-refractivity contribution >= 4 is 75.3 Å². The van der Waals surface area contributed by atoms with Crippen LogP contribution in [0, 0.1) is 0 Å². The van der Waals surface area contributed by atoms with Gasteiger partial charge in [-0.15, -0.1) is 28.2 Å². The van der Waals surface area contributed by atoms with Gasteiger partial charge in [0, 0.05) is 23.8 Å². The molecule has 4 heterocycles. The van der Waals surface area contributed by atoms with E-state index in [-0.39, 0.29) is 39.8 Å². The average molecular weight is 554 g/mol. The van der Waals surface area contributed by atoms with Crippen molar-refractivity contribution in [3.8, 4) is 0 Å². The minimum absolute atomic E-state index is 0.141. The van der Waals surface area contributed by atoms with Crippen LogP contribution in [0.5, 0.6) is 0 Å². The number of carboxylic acid groups (broad SMARTS) is 1. The lowest BCUT2D eigenvalue weighted by Crippen LogP contribution is -2.71. The molecule has 2 aromatic rings. The number of H-pyrrole nitrogens is 1. The van der Waals surface area contributed by atoms with Crippen LogP contribution >= 0.6 is 34.9 Å². The molecular weight excluding hydrogens is 534 g/mol. The van der Waals surface area contributed by atoms with Crippen LogP contribution in [0.3, 0.4) is 0 Å². The second-order valence-corrected chi connectivity index (χ2v) is 10.2. The maximum Gasteiger partial charge on any atom is 0.352 e. The quantitative estimate of drug-likeness (QED) is 0.117. The van der Waals surface area contributed by atoms with E-state index < -0.39 is 29.2 Å². The van der Waals surface area contributed by atoms with Crippen LogP contribution in [0.1, 0.15) is 12.6 Å². The third kappa shape index (κ3) is 5.14. The number of fused-ring (bicyclic) bond motifs is 1. The number of amides is 3. The number of carbonyl (C=O) groups is 4. The van der Waals surface area contributed by atoms with Gasteiger partial charge in [-0.05, 0) is 5.57 Å². The highest BCUT2D eigenvalue weighted by molar-refractivity contribution is 8.01. The van der Waals surface area contributed by atoms with Crippen molar-refractivity contribution in [2.45, 2.75) is 23.5 Å². The van der Waals surface area contributed by atoms with E-state index in [0.717, 1.165) is 28.0 Å². The molecule has 4 rings (SSSR count). The molecule has 0 saturated carbocycles. The van der Waals surface area contributed by atoms with Crippen LogP contribution in [0.2, 0.25) is 0 Å². The fourth-order valence-corrected chi connectivity index (χ4v) is 6.21. The van der Waals surface area contributed by atoms with Gasteiger partial charge in [0.15, 0.2) is 10.8 Å². The minimum atomic E-state index is -1.26. The zero-order valence-corrected chi connectivity index (χ0v) is 21.1. The predicted octanol–water partition coefficient (Wildman–Crippen LogP) is -0.317. The third-order valence-corrected chi connectivity index (χ3v) is 7.78. The third-order valence-electron chi connectivity index (χ3n) is 4.83. The number of nitrogens with zero attached hydrogens (tertiary/aromatic N) is 5. The van der Waals surface area contributed by atoms with Crippen LogP contribution in [-0.2, 0) is 24.0 Å². The summed E-state index contributed by atoms with van der Waals surface area (Å²) in [5.41, 5.74) is 6.01. The number of aliphatic carboxylic acids is 1. The Balaban J connectivity index is 1.46. The van der Waals surface area contributed by atoms with Crippen molar-refractivity contribution in [2.24, 2.45) is 5.16 Å². The molecular formula is C18H19N9O6S3. The number of hydrogen-bond acceptors (Lipinski definition) is 13. The van der Waals surface area contributed by atoms with Crippen LogP contribution in [0.25, 0.3) is 0 Å². The van der Waals surface area contributed by atoms with E-state index in [9.17, 15) is 24.3 Å². The number of β-lactam (4-membered cyclic amide) rings is 1. The minimum Gasteiger partial charge on any atom is -0.477 e. The molecule has 36 heavy (non-hydrogen) atoms. The smallest absolute Gasteiger partial charge is 0.352 e. The van der Waals surface area contributed by atoms with E-state index in [1.165, 1.54) is 31.2 Å². The number of thiazole rings is 1. The zero-order valence-electron chi connectivity index (χ0n) is 18.7. The standard InChI is InChI=1S/C18H19N9O6S3/c1-6(28)20-17-23-18(25-24-17)36-4-7-3-34-14-10(13(30)27(14)11(7)15(31)32)22-12(29)9(26-33-2)8-5-35-16(19)21-8/h5,10,14H,3-4H2,1-2H3,(H2,19,21)(H,22,29)(H,31,32)(H2,20,23,24,25,28)/t10?,14-/m0/s1.